The van der Waals surface area contributed by atoms with Gasteiger partial charge in [0.2, 0.25) is 0 Å². The second kappa shape index (κ2) is 7.66. The smallest absolute Gasteiger partial charge is 0.138 e. The lowest BCUT2D eigenvalue weighted by molar-refractivity contribution is 1.02. The zero-order valence-electron chi connectivity index (χ0n) is 13.6. The highest BCUT2D eigenvalue weighted by Gasteiger charge is 2.14. The van der Waals surface area contributed by atoms with Gasteiger partial charge in [-0.25, -0.2) is 4.98 Å². The van der Waals surface area contributed by atoms with Gasteiger partial charge in [-0.2, -0.15) is 11.3 Å². The van der Waals surface area contributed by atoms with Gasteiger partial charge in [0, 0.05) is 28.2 Å². The third-order valence-corrected chi connectivity index (χ3v) is 4.67. The van der Waals surface area contributed by atoms with Gasteiger partial charge in [0.05, 0.1) is 0 Å². The van der Waals surface area contributed by atoms with Crippen LogP contribution in [0.1, 0.15) is 0 Å². The molecule has 3 aromatic heterocycles. The molecule has 0 saturated heterocycles. The Hall–Kier alpha value is -2.08. The summed E-state index contributed by atoms with van der Waals surface area (Å²) in [5, 5.41) is 8.16. The Kier molecular flexibility index (Phi) is 5.35. The number of aromatic nitrogens is 2. The number of pyridine rings is 1. The van der Waals surface area contributed by atoms with Crippen molar-refractivity contribution in [3.05, 3.63) is 59.6 Å². The fourth-order valence-corrected chi connectivity index (χ4v) is 3.57. The second-order valence-corrected chi connectivity index (χ2v) is 6.58. The van der Waals surface area contributed by atoms with E-state index in [0.717, 1.165) is 27.1 Å². The first-order chi connectivity index (χ1) is 11.8. The fourth-order valence-electron chi connectivity index (χ4n) is 2.63. The van der Waals surface area contributed by atoms with E-state index in [1.807, 2.05) is 44.7 Å². The Morgan fingerprint density at radius 2 is 1.83 bits per heavy atom. The maximum atomic E-state index is 4.59. The van der Waals surface area contributed by atoms with Gasteiger partial charge in [0.1, 0.15) is 5.65 Å². The second-order valence-electron chi connectivity index (χ2n) is 5.31. The van der Waals surface area contributed by atoms with Gasteiger partial charge in [-0.15, -0.1) is 12.6 Å². The molecule has 4 aromatic rings. The monoisotopic (exact) mass is 353 g/mol. The van der Waals surface area contributed by atoms with Crippen LogP contribution in [0.5, 0.6) is 0 Å². The molecule has 3 heterocycles. The first-order valence-electron chi connectivity index (χ1n) is 7.61. The summed E-state index contributed by atoms with van der Waals surface area (Å²) in [7, 11) is 3.75. The summed E-state index contributed by atoms with van der Waals surface area (Å²) in [6.07, 6.45) is 3.87. The number of benzene rings is 1. The van der Waals surface area contributed by atoms with Crippen LogP contribution in [-0.4, -0.2) is 24.1 Å². The normalized spacial score (nSPS) is 10.5. The first-order valence-corrected chi connectivity index (χ1v) is 9.00. The Bertz CT molecular complexity index is 927. The van der Waals surface area contributed by atoms with Crippen LogP contribution >= 0.6 is 24.0 Å². The fraction of sp³-hybridized carbons (Fsp3) is 0.105. The maximum absolute atomic E-state index is 4.59. The van der Waals surface area contributed by atoms with Gasteiger partial charge in [-0.3, -0.25) is 0 Å². The highest BCUT2D eigenvalue weighted by atomic mass is 32.1. The lowest BCUT2D eigenvalue weighted by atomic mass is 9.99. The summed E-state index contributed by atoms with van der Waals surface area (Å²) in [6.45, 7) is 0. The number of aromatic amines is 1. The lowest BCUT2D eigenvalue weighted by Crippen LogP contribution is -1.89. The van der Waals surface area contributed by atoms with E-state index < -0.39 is 0 Å². The minimum absolute atomic E-state index is 0.908. The Labute approximate surface area is 151 Å². The van der Waals surface area contributed by atoms with Crippen LogP contribution in [-0.2, 0) is 0 Å². The van der Waals surface area contributed by atoms with E-state index in [0.29, 0.717) is 0 Å². The van der Waals surface area contributed by atoms with Crippen LogP contribution in [0.4, 0.5) is 0 Å². The third kappa shape index (κ3) is 3.24. The summed E-state index contributed by atoms with van der Waals surface area (Å²) in [5.74, 6) is 0. The van der Waals surface area contributed by atoms with Crippen LogP contribution in [0.25, 0.3) is 33.3 Å². The average molecular weight is 354 g/mol. The zero-order valence-corrected chi connectivity index (χ0v) is 15.3. The SMILES string of the molecule is CNC.Sc1ccccc1-c1c[nH]c2nccc(-c3ccsc3)c12. The van der Waals surface area contributed by atoms with E-state index in [1.165, 1.54) is 11.1 Å². The van der Waals surface area contributed by atoms with Crippen LogP contribution < -0.4 is 5.32 Å². The summed E-state index contributed by atoms with van der Waals surface area (Å²) in [4.78, 5) is 8.70. The van der Waals surface area contributed by atoms with Gasteiger partial charge < -0.3 is 10.3 Å². The van der Waals surface area contributed by atoms with Gasteiger partial charge in [0.25, 0.3) is 0 Å². The molecule has 24 heavy (non-hydrogen) atoms. The molecule has 0 aliphatic heterocycles. The molecule has 2 N–H and O–H groups in total. The highest BCUT2D eigenvalue weighted by molar-refractivity contribution is 7.80. The number of hydrogen-bond donors (Lipinski definition) is 3. The number of thiophene rings is 1. The predicted molar refractivity (Wildman–Crippen MR) is 107 cm³/mol. The maximum Gasteiger partial charge on any atom is 0.138 e. The van der Waals surface area contributed by atoms with Crippen molar-refractivity contribution in [2.24, 2.45) is 0 Å². The van der Waals surface area contributed by atoms with Crippen molar-refractivity contribution >= 4 is 35.0 Å². The van der Waals surface area contributed by atoms with Crippen molar-refractivity contribution in [3.8, 4) is 22.3 Å². The molecule has 3 nitrogen and oxygen atoms in total. The van der Waals surface area contributed by atoms with E-state index in [1.54, 1.807) is 11.3 Å². The minimum atomic E-state index is 0.908. The van der Waals surface area contributed by atoms with Crippen LogP contribution in [0.3, 0.4) is 0 Å². The summed E-state index contributed by atoms with van der Waals surface area (Å²) in [5.41, 5.74) is 5.60. The molecule has 0 fully saturated rings. The van der Waals surface area contributed by atoms with Crippen molar-refractivity contribution in [2.75, 3.05) is 14.1 Å². The number of rotatable bonds is 2. The largest absolute Gasteiger partial charge is 0.345 e. The van der Waals surface area contributed by atoms with Crippen LogP contribution in [0.15, 0.2) is 64.4 Å². The van der Waals surface area contributed by atoms with E-state index in [-0.39, 0.29) is 0 Å². The lowest BCUT2D eigenvalue weighted by Gasteiger charge is -2.06. The van der Waals surface area contributed by atoms with Crippen molar-refractivity contribution in [1.29, 1.82) is 0 Å². The van der Waals surface area contributed by atoms with Crippen molar-refractivity contribution in [2.45, 2.75) is 4.90 Å². The molecule has 5 heteroatoms. The standard InChI is InChI=1S/C17H12N2S2.C2H7N/c20-15-4-2-1-3-13(15)14-9-19-17-16(14)12(5-7-18-17)11-6-8-21-10-11;1-3-2/h1-10,20H,(H,18,19);3H,1-2H3. The van der Waals surface area contributed by atoms with Gasteiger partial charge in [-0.1, -0.05) is 18.2 Å². The van der Waals surface area contributed by atoms with Crippen molar-refractivity contribution < 1.29 is 0 Å². The van der Waals surface area contributed by atoms with Crippen LogP contribution in [0.2, 0.25) is 0 Å². The van der Waals surface area contributed by atoms with E-state index in [2.05, 4.69) is 56.9 Å². The molecule has 0 bridgehead atoms. The molecule has 0 amide bonds. The molecular formula is C19H19N3S2. The van der Waals surface area contributed by atoms with Gasteiger partial charge >= 0.3 is 0 Å². The number of hydrogen-bond acceptors (Lipinski definition) is 4. The summed E-state index contributed by atoms with van der Waals surface area (Å²) in [6, 6.07) is 12.4. The zero-order chi connectivity index (χ0) is 16.9. The average Bonchev–Trinajstić information content (AvgIpc) is 3.26. The number of thiol groups is 1. The predicted octanol–water partition coefficient (Wildman–Crippen LogP) is 5.08. The molecule has 0 unspecified atom stereocenters. The minimum Gasteiger partial charge on any atom is -0.345 e. The molecule has 0 aliphatic carbocycles. The molecule has 1 aromatic carbocycles. The molecular weight excluding hydrogens is 334 g/mol. The summed E-state index contributed by atoms with van der Waals surface area (Å²) < 4.78 is 0. The Balaban J connectivity index is 0.000000526. The van der Waals surface area contributed by atoms with Crippen molar-refractivity contribution in [3.63, 3.8) is 0 Å². The molecule has 0 saturated carbocycles. The molecule has 0 aliphatic rings. The number of nitrogens with one attached hydrogen (secondary N) is 2. The number of nitrogens with zero attached hydrogens (tertiary/aromatic N) is 1. The van der Waals surface area contributed by atoms with E-state index in [9.17, 15) is 0 Å². The Morgan fingerprint density at radius 3 is 2.54 bits per heavy atom. The number of H-pyrrole nitrogens is 1. The summed E-state index contributed by atoms with van der Waals surface area (Å²) >= 11 is 6.29. The van der Waals surface area contributed by atoms with E-state index in [4.69, 9.17) is 0 Å². The molecule has 0 atom stereocenters. The van der Waals surface area contributed by atoms with E-state index >= 15 is 0 Å². The first kappa shape index (κ1) is 16.8. The topological polar surface area (TPSA) is 40.7 Å². The van der Waals surface area contributed by atoms with Gasteiger partial charge in [-0.05, 0) is 59.7 Å². The van der Waals surface area contributed by atoms with Crippen molar-refractivity contribution in [1.82, 2.24) is 15.3 Å². The third-order valence-electron chi connectivity index (χ3n) is 3.60. The molecule has 0 radical (unpaired) electrons. The molecule has 4 rings (SSSR count). The number of fused-ring (bicyclic) bond motifs is 1. The highest BCUT2D eigenvalue weighted by Crippen LogP contribution is 2.38. The molecule has 122 valence electrons. The molecule has 0 spiro atoms. The van der Waals surface area contributed by atoms with Crippen LogP contribution in [0, 0.1) is 0 Å². The quantitative estimate of drug-likeness (QED) is 0.440. The van der Waals surface area contributed by atoms with Gasteiger partial charge in [0.15, 0.2) is 0 Å². The Morgan fingerprint density at radius 1 is 1.04 bits per heavy atom.